The third-order valence-corrected chi connectivity index (χ3v) is 14.3. The Balaban J connectivity index is 1.21. The second kappa shape index (κ2) is 14.1. The normalized spacial score (nSPS) is 31.5. The molecule has 3 heterocycles. The van der Waals surface area contributed by atoms with Gasteiger partial charge in [-0.05, 0) is 105 Å². The molecule has 2 aliphatic carbocycles. The summed E-state index contributed by atoms with van der Waals surface area (Å²) >= 11 is 6.41. The second-order valence-corrected chi connectivity index (χ2v) is 18.1. The molecular weight excluding hydrogens is 735 g/mol. The second-order valence-electron chi connectivity index (χ2n) is 15.7. The van der Waals surface area contributed by atoms with Gasteiger partial charge in [0.25, 0.3) is 5.91 Å². The SMILES string of the molecule is C[C@@H]1[C@@H](C)C/C=C/[C@H](OCC(=O)N2CC(O)(C(F)(F)F)C2)[C@@H]2CC[C@H]2CN2C[C@@]3(CCCc4cc(Cl)ccc43)COc3ccc(cc32)C(=O)NS1(=O)=O. The molecule has 288 valence electrons. The van der Waals surface area contributed by atoms with Crippen molar-refractivity contribution in [2.45, 2.75) is 80.9 Å². The van der Waals surface area contributed by atoms with Crippen LogP contribution in [0.4, 0.5) is 18.9 Å². The van der Waals surface area contributed by atoms with Gasteiger partial charge in [0.05, 0.1) is 36.7 Å². The predicted octanol–water partition coefficient (Wildman–Crippen LogP) is 5.40. The van der Waals surface area contributed by atoms with Crippen LogP contribution in [0.5, 0.6) is 5.75 Å². The molecule has 0 unspecified atom stereocenters. The summed E-state index contributed by atoms with van der Waals surface area (Å²) in [4.78, 5) is 29.6. The number of anilines is 1. The van der Waals surface area contributed by atoms with E-state index in [0.29, 0.717) is 42.6 Å². The van der Waals surface area contributed by atoms with Crippen LogP contribution in [0.2, 0.25) is 5.02 Å². The Kier molecular flexibility index (Phi) is 10.1. The lowest BCUT2D eigenvalue weighted by molar-refractivity contribution is -0.297. The highest BCUT2D eigenvalue weighted by Crippen LogP contribution is 2.47. The molecule has 2 fully saturated rings. The van der Waals surface area contributed by atoms with Crippen molar-refractivity contribution in [1.29, 1.82) is 0 Å². The van der Waals surface area contributed by atoms with E-state index >= 15 is 0 Å². The number of aryl methyl sites for hydroxylation is 1. The van der Waals surface area contributed by atoms with Gasteiger partial charge in [-0.2, -0.15) is 13.2 Å². The lowest BCUT2D eigenvalue weighted by Crippen LogP contribution is -2.70. The number of alkyl halides is 3. The van der Waals surface area contributed by atoms with E-state index < -0.39 is 76.0 Å². The number of ether oxygens (including phenoxy) is 2. The van der Waals surface area contributed by atoms with Crippen LogP contribution in [0.1, 0.15) is 67.4 Å². The Morgan fingerprint density at radius 1 is 1.13 bits per heavy atom. The van der Waals surface area contributed by atoms with Crippen molar-refractivity contribution in [1.82, 2.24) is 9.62 Å². The zero-order valence-electron chi connectivity index (χ0n) is 29.7. The van der Waals surface area contributed by atoms with Gasteiger partial charge in [-0.25, -0.2) is 13.1 Å². The Bertz CT molecular complexity index is 1900. The summed E-state index contributed by atoms with van der Waals surface area (Å²) in [5.74, 6) is -1.17. The summed E-state index contributed by atoms with van der Waals surface area (Å²) in [5.41, 5.74) is -0.130. The molecule has 2 aromatic carbocycles. The molecule has 1 spiro atoms. The molecule has 2 N–H and O–H groups in total. The van der Waals surface area contributed by atoms with Crippen LogP contribution in [0.25, 0.3) is 0 Å². The van der Waals surface area contributed by atoms with Crippen molar-refractivity contribution in [3.63, 3.8) is 0 Å². The zero-order valence-corrected chi connectivity index (χ0v) is 31.3. The molecule has 1 saturated heterocycles. The van der Waals surface area contributed by atoms with Crippen LogP contribution in [0, 0.1) is 17.8 Å². The Labute approximate surface area is 312 Å². The van der Waals surface area contributed by atoms with E-state index in [9.17, 15) is 36.3 Å². The zero-order chi connectivity index (χ0) is 37.9. The fraction of sp³-hybridized carbons (Fsp3) is 0.579. The average molecular weight is 780 g/mol. The van der Waals surface area contributed by atoms with Gasteiger partial charge in [0, 0.05) is 29.1 Å². The number of benzene rings is 2. The van der Waals surface area contributed by atoms with Crippen LogP contribution >= 0.6 is 11.6 Å². The first-order chi connectivity index (χ1) is 25.0. The largest absolute Gasteiger partial charge is 0.490 e. The molecule has 15 heteroatoms. The predicted molar refractivity (Wildman–Crippen MR) is 193 cm³/mol. The molecule has 2 amide bonds. The summed E-state index contributed by atoms with van der Waals surface area (Å²) < 4.78 is 81.5. The molecule has 0 aromatic heterocycles. The van der Waals surface area contributed by atoms with E-state index in [1.165, 1.54) is 5.56 Å². The fourth-order valence-corrected chi connectivity index (χ4v) is 10.00. The third kappa shape index (κ3) is 7.28. The van der Waals surface area contributed by atoms with Crippen LogP contribution in [0.15, 0.2) is 48.6 Å². The van der Waals surface area contributed by atoms with Gasteiger partial charge in [-0.15, -0.1) is 0 Å². The number of likely N-dealkylation sites (tertiary alicyclic amines) is 1. The highest BCUT2D eigenvalue weighted by molar-refractivity contribution is 7.90. The highest BCUT2D eigenvalue weighted by Gasteiger charge is 2.62. The number of halogens is 4. The van der Waals surface area contributed by atoms with Crippen LogP contribution in [0.3, 0.4) is 0 Å². The Hall–Kier alpha value is -3.33. The first-order valence-electron chi connectivity index (χ1n) is 18.2. The van der Waals surface area contributed by atoms with E-state index in [4.69, 9.17) is 21.1 Å². The molecule has 2 bridgehead atoms. The standard InChI is InChI=1S/C38H45ClF3N3O7S/c1-23-5-3-7-32(51-18-34(46)45-20-37(48,21-45)38(40,41)42)29-11-8-27(29)17-44-19-36(14-4-6-25-15-28(39)10-12-30(25)36)22-52-33-13-9-26(16-31(33)44)35(47)43-53(49,50)24(23)2/h3,7,9-10,12-13,15-16,23-24,27,29,32,48H,4-6,8,11,14,17-22H2,1-2H3,(H,43,47)/b7-3+/t23-,24+,27-,29+,32-,36-/m0/s1. The maximum Gasteiger partial charge on any atom is 0.420 e. The van der Waals surface area contributed by atoms with E-state index in [-0.39, 0.29) is 17.4 Å². The number of amides is 2. The van der Waals surface area contributed by atoms with Crippen molar-refractivity contribution >= 4 is 39.1 Å². The topological polar surface area (TPSA) is 125 Å². The minimum atomic E-state index is -4.84. The molecule has 6 atom stereocenters. The van der Waals surface area contributed by atoms with Crippen molar-refractivity contribution in [2.24, 2.45) is 17.8 Å². The van der Waals surface area contributed by atoms with Crippen LogP contribution < -0.4 is 14.4 Å². The minimum Gasteiger partial charge on any atom is -0.490 e. The van der Waals surface area contributed by atoms with E-state index in [2.05, 4.69) is 15.7 Å². The van der Waals surface area contributed by atoms with Crippen molar-refractivity contribution < 1.29 is 45.8 Å². The molecule has 1 saturated carbocycles. The summed E-state index contributed by atoms with van der Waals surface area (Å²) in [6.07, 6.45) is 2.87. The maximum atomic E-state index is 13.5. The summed E-state index contributed by atoms with van der Waals surface area (Å²) in [6.45, 7) is 2.66. The van der Waals surface area contributed by atoms with Crippen LogP contribution in [-0.4, -0.2) is 92.8 Å². The van der Waals surface area contributed by atoms with E-state index in [0.717, 1.165) is 42.6 Å². The van der Waals surface area contributed by atoms with Gasteiger partial charge in [-0.1, -0.05) is 36.7 Å². The van der Waals surface area contributed by atoms with Gasteiger partial charge >= 0.3 is 6.18 Å². The van der Waals surface area contributed by atoms with Crippen molar-refractivity contribution in [3.8, 4) is 5.75 Å². The molecule has 3 aliphatic heterocycles. The molecule has 2 aromatic rings. The number of carbonyl (C=O) groups is 2. The minimum absolute atomic E-state index is 0.0561. The quantitative estimate of drug-likeness (QED) is 0.397. The maximum absolute atomic E-state index is 13.5. The lowest BCUT2D eigenvalue weighted by Gasteiger charge is -2.47. The summed E-state index contributed by atoms with van der Waals surface area (Å²) in [5, 5.41) is 9.60. The smallest absolute Gasteiger partial charge is 0.420 e. The number of aliphatic hydroxyl groups is 1. The molecule has 5 aliphatic rings. The summed E-state index contributed by atoms with van der Waals surface area (Å²) in [6, 6.07) is 11.0. The number of carbonyl (C=O) groups excluding carboxylic acids is 2. The lowest BCUT2D eigenvalue weighted by atomic mass is 9.68. The van der Waals surface area contributed by atoms with E-state index in [1.807, 2.05) is 24.3 Å². The number of nitrogens with one attached hydrogen (secondary N) is 1. The van der Waals surface area contributed by atoms with Gasteiger partial charge < -0.3 is 24.4 Å². The van der Waals surface area contributed by atoms with Gasteiger partial charge in [0.15, 0.2) is 5.60 Å². The number of β-amino-alcohol motifs (C(OH)–C–C–N with tert-alkyl or cyclic N) is 1. The number of hydrogen-bond donors (Lipinski definition) is 2. The van der Waals surface area contributed by atoms with Crippen molar-refractivity contribution in [3.05, 3.63) is 70.3 Å². The number of rotatable bonds is 3. The first kappa shape index (κ1) is 38.0. The Morgan fingerprint density at radius 3 is 2.62 bits per heavy atom. The monoisotopic (exact) mass is 779 g/mol. The average Bonchev–Trinajstić information content (AvgIpc) is 3.22. The van der Waals surface area contributed by atoms with Crippen molar-refractivity contribution in [2.75, 3.05) is 44.3 Å². The fourth-order valence-electron chi connectivity index (χ4n) is 8.52. The molecule has 53 heavy (non-hydrogen) atoms. The Morgan fingerprint density at radius 2 is 1.91 bits per heavy atom. The number of sulfonamides is 1. The highest BCUT2D eigenvalue weighted by atomic mass is 35.5. The van der Waals surface area contributed by atoms with E-state index in [1.54, 1.807) is 32.0 Å². The first-order valence-corrected chi connectivity index (χ1v) is 20.1. The van der Waals surface area contributed by atoms with Crippen LogP contribution in [-0.2, 0) is 31.4 Å². The third-order valence-electron chi connectivity index (χ3n) is 12.2. The number of allylic oxidation sites excluding steroid dienone is 1. The number of fused-ring (bicyclic) bond motifs is 4. The van der Waals surface area contributed by atoms with Gasteiger partial charge in [-0.3, -0.25) is 9.59 Å². The molecule has 0 radical (unpaired) electrons. The molecule has 10 nitrogen and oxygen atoms in total. The number of hydrogen-bond acceptors (Lipinski definition) is 8. The molecule has 7 rings (SSSR count). The number of nitrogens with zero attached hydrogens (tertiary/aromatic N) is 2. The molecular formula is C38H45ClF3N3O7S. The summed E-state index contributed by atoms with van der Waals surface area (Å²) in [7, 11) is -4.08. The van der Waals surface area contributed by atoms with Gasteiger partial charge in [0.2, 0.25) is 15.9 Å². The van der Waals surface area contributed by atoms with Gasteiger partial charge in [0.1, 0.15) is 12.4 Å².